The maximum Gasteiger partial charge on any atom is 0.204 e. The van der Waals surface area contributed by atoms with Gasteiger partial charge in [0.15, 0.2) is 0 Å². The quantitative estimate of drug-likeness (QED) is 0.849. The van der Waals surface area contributed by atoms with Crippen molar-refractivity contribution >= 4 is 5.78 Å². The molecule has 5 heteroatoms. The van der Waals surface area contributed by atoms with Crippen molar-refractivity contribution in [2.45, 2.75) is 25.2 Å². The van der Waals surface area contributed by atoms with E-state index >= 15 is 0 Å². The topological polar surface area (TPSA) is 71.5 Å². The molecule has 1 aliphatic rings. The Morgan fingerprint density at radius 2 is 2.06 bits per heavy atom. The van der Waals surface area contributed by atoms with Gasteiger partial charge in [-0.3, -0.25) is 4.79 Å². The van der Waals surface area contributed by atoms with E-state index in [1.807, 2.05) is 12.1 Å². The largest absolute Gasteiger partial charge is 0.300 e. The van der Waals surface area contributed by atoms with Crippen LogP contribution in [0.1, 0.15) is 30.7 Å². The maximum absolute atomic E-state index is 11.2. The molecule has 0 spiro atoms. The zero-order valence-corrected chi connectivity index (χ0v) is 9.26. The number of aromatic nitrogens is 4. The normalized spacial score (nSPS) is 19.8. The summed E-state index contributed by atoms with van der Waals surface area (Å²) in [4.78, 5) is 11.2. The van der Waals surface area contributed by atoms with E-state index in [1.54, 1.807) is 0 Å². The summed E-state index contributed by atoms with van der Waals surface area (Å²) in [6.07, 6.45) is 2.37. The highest BCUT2D eigenvalue weighted by molar-refractivity contribution is 5.81. The van der Waals surface area contributed by atoms with Crippen molar-refractivity contribution in [2.75, 3.05) is 0 Å². The van der Waals surface area contributed by atoms with Crippen LogP contribution in [0, 0.1) is 0 Å². The van der Waals surface area contributed by atoms with Crippen LogP contribution in [0.25, 0.3) is 11.4 Å². The summed E-state index contributed by atoms with van der Waals surface area (Å²) in [5.41, 5.74) is 2.16. The number of aromatic amines is 1. The molecule has 5 nitrogen and oxygen atoms in total. The molecule has 1 aromatic carbocycles. The van der Waals surface area contributed by atoms with E-state index in [2.05, 4.69) is 32.8 Å². The van der Waals surface area contributed by atoms with Crippen LogP contribution < -0.4 is 0 Å². The minimum atomic E-state index is 0.372. The van der Waals surface area contributed by atoms with E-state index in [0.717, 1.165) is 18.4 Å². The van der Waals surface area contributed by atoms with E-state index < -0.39 is 0 Å². The third kappa shape index (κ3) is 1.95. The van der Waals surface area contributed by atoms with Crippen LogP contribution in [-0.4, -0.2) is 26.4 Å². The molecular weight excluding hydrogens is 216 g/mol. The number of carbonyl (C=O) groups excluding carboxylic acids is 1. The van der Waals surface area contributed by atoms with Crippen molar-refractivity contribution < 1.29 is 4.79 Å². The van der Waals surface area contributed by atoms with Gasteiger partial charge in [0.25, 0.3) is 0 Å². The molecule has 1 atom stereocenters. The van der Waals surface area contributed by atoms with Gasteiger partial charge in [0, 0.05) is 18.4 Å². The van der Waals surface area contributed by atoms with Gasteiger partial charge in [0.2, 0.25) is 5.82 Å². The first-order valence-electron chi connectivity index (χ1n) is 5.68. The lowest BCUT2D eigenvalue weighted by Crippen LogP contribution is -1.94. The number of benzene rings is 1. The van der Waals surface area contributed by atoms with Gasteiger partial charge in [-0.05, 0) is 23.1 Å². The minimum absolute atomic E-state index is 0.372. The number of carbonyl (C=O) groups is 1. The summed E-state index contributed by atoms with van der Waals surface area (Å²) < 4.78 is 0. The molecule has 1 unspecified atom stereocenters. The molecule has 0 bridgehead atoms. The Labute approximate surface area is 98.2 Å². The van der Waals surface area contributed by atoms with Crippen molar-refractivity contribution in [3.05, 3.63) is 29.8 Å². The number of Topliss-reactive ketones (excluding diaryl/α,β-unsaturated/α-hetero) is 1. The molecule has 1 aliphatic carbocycles. The Bertz CT molecular complexity index is 518. The molecule has 0 saturated heterocycles. The van der Waals surface area contributed by atoms with Gasteiger partial charge in [0.1, 0.15) is 5.78 Å². The molecule has 0 radical (unpaired) electrons. The van der Waals surface area contributed by atoms with Crippen LogP contribution >= 0.6 is 0 Å². The molecule has 1 aromatic heterocycles. The first-order valence-corrected chi connectivity index (χ1v) is 5.68. The Hall–Kier alpha value is -2.04. The third-order valence-electron chi connectivity index (χ3n) is 3.23. The van der Waals surface area contributed by atoms with E-state index in [9.17, 15) is 4.79 Å². The first-order chi connectivity index (χ1) is 8.33. The predicted molar refractivity (Wildman–Crippen MR) is 61.2 cm³/mol. The van der Waals surface area contributed by atoms with Crippen molar-refractivity contribution in [1.29, 1.82) is 0 Å². The number of H-pyrrole nitrogens is 1. The zero-order valence-electron chi connectivity index (χ0n) is 9.26. The average molecular weight is 228 g/mol. The lowest BCUT2D eigenvalue weighted by atomic mass is 9.96. The van der Waals surface area contributed by atoms with Crippen molar-refractivity contribution in [1.82, 2.24) is 20.6 Å². The van der Waals surface area contributed by atoms with E-state index in [4.69, 9.17) is 0 Å². The highest BCUT2D eigenvalue weighted by atomic mass is 16.1. The fraction of sp³-hybridized carbons (Fsp3) is 0.333. The van der Waals surface area contributed by atoms with Gasteiger partial charge < -0.3 is 0 Å². The molecule has 1 fully saturated rings. The van der Waals surface area contributed by atoms with Gasteiger partial charge in [-0.1, -0.05) is 24.3 Å². The summed E-state index contributed by atoms with van der Waals surface area (Å²) in [7, 11) is 0. The smallest absolute Gasteiger partial charge is 0.204 e. The average Bonchev–Trinajstić information content (AvgIpc) is 3.00. The third-order valence-corrected chi connectivity index (χ3v) is 3.23. The standard InChI is InChI=1S/C12H12N4O/c17-11-6-5-10(7-11)8-1-3-9(4-2-8)12-13-15-16-14-12/h1-4,10H,5-7H2,(H,13,14,15,16). The number of nitrogens with one attached hydrogen (secondary N) is 1. The minimum Gasteiger partial charge on any atom is -0.300 e. The number of tetrazole rings is 1. The molecule has 3 rings (SSSR count). The molecule has 0 aliphatic heterocycles. The Morgan fingerprint density at radius 3 is 2.65 bits per heavy atom. The van der Waals surface area contributed by atoms with E-state index in [1.165, 1.54) is 5.56 Å². The van der Waals surface area contributed by atoms with Crippen molar-refractivity contribution in [3.63, 3.8) is 0 Å². The predicted octanol–water partition coefficient (Wildman–Crippen LogP) is 1.70. The molecule has 2 aromatic rings. The molecule has 86 valence electrons. The number of ketones is 1. The van der Waals surface area contributed by atoms with Gasteiger partial charge >= 0.3 is 0 Å². The molecule has 1 saturated carbocycles. The van der Waals surface area contributed by atoms with Crippen LogP contribution in [0.2, 0.25) is 0 Å². The summed E-state index contributed by atoms with van der Waals surface area (Å²) >= 11 is 0. The van der Waals surface area contributed by atoms with Crippen LogP contribution in [0.3, 0.4) is 0 Å². The summed E-state index contributed by atoms with van der Waals surface area (Å²) in [5.74, 6) is 1.36. The SMILES string of the molecule is O=C1CCC(c2ccc(-c3nn[nH]n3)cc2)C1. The van der Waals surface area contributed by atoms with Crippen molar-refractivity contribution in [2.24, 2.45) is 0 Å². The van der Waals surface area contributed by atoms with Crippen LogP contribution in [0.5, 0.6) is 0 Å². The maximum atomic E-state index is 11.2. The van der Waals surface area contributed by atoms with Crippen LogP contribution in [0.4, 0.5) is 0 Å². The second kappa shape index (κ2) is 4.08. The highest BCUT2D eigenvalue weighted by Crippen LogP contribution is 2.32. The first kappa shape index (κ1) is 10.1. The lowest BCUT2D eigenvalue weighted by molar-refractivity contribution is -0.117. The Morgan fingerprint density at radius 1 is 1.24 bits per heavy atom. The van der Waals surface area contributed by atoms with E-state index in [0.29, 0.717) is 23.9 Å². The second-order valence-corrected chi connectivity index (χ2v) is 4.34. The summed E-state index contributed by atoms with van der Waals surface area (Å²) in [6.45, 7) is 0. The lowest BCUT2D eigenvalue weighted by Gasteiger charge is -2.08. The number of nitrogens with zero attached hydrogens (tertiary/aromatic N) is 3. The molecule has 17 heavy (non-hydrogen) atoms. The van der Waals surface area contributed by atoms with Gasteiger partial charge in [-0.25, -0.2) is 0 Å². The van der Waals surface area contributed by atoms with Gasteiger partial charge in [-0.15, -0.1) is 10.2 Å². The fourth-order valence-corrected chi connectivity index (χ4v) is 2.29. The highest BCUT2D eigenvalue weighted by Gasteiger charge is 2.23. The molecule has 1 heterocycles. The van der Waals surface area contributed by atoms with Crippen LogP contribution in [0.15, 0.2) is 24.3 Å². The Kier molecular flexibility index (Phi) is 2.44. The number of rotatable bonds is 2. The molecule has 1 N–H and O–H groups in total. The van der Waals surface area contributed by atoms with Crippen LogP contribution in [-0.2, 0) is 4.79 Å². The van der Waals surface area contributed by atoms with Gasteiger partial charge in [0.05, 0.1) is 0 Å². The summed E-state index contributed by atoms with van der Waals surface area (Å²) in [6, 6.07) is 8.05. The van der Waals surface area contributed by atoms with E-state index in [-0.39, 0.29) is 0 Å². The summed E-state index contributed by atoms with van der Waals surface area (Å²) in [5, 5.41) is 13.8. The van der Waals surface area contributed by atoms with Crippen molar-refractivity contribution in [3.8, 4) is 11.4 Å². The number of hydrogen-bond acceptors (Lipinski definition) is 4. The fourth-order valence-electron chi connectivity index (χ4n) is 2.29. The zero-order chi connectivity index (χ0) is 11.7. The Balaban J connectivity index is 1.83. The molecular formula is C12H12N4O. The van der Waals surface area contributed by atoms with Gasteiger partial charge in [-0.2, -0.15) is 5.21 Å². The second-order valence-electron chi connectivity index (χ2n) is 4.34. The number of hydrogen-bond donors (Lipinski definition) is 1. The molecule has 0 amide bonds. The monoisotopic (exact) mass is 228 g/mol.